The van der Waals surface area contributed by atoms with Crippen LogP contribution in [0.4, 0.5) is 0 Å². The van der Waals surface area contributed by atoms with Crippen LogP contribution < -0.4 is 0 Å². The number of carbonyl (C=O) groups is 1. The molecule has 0 fully saturated rings. The van der Waals surface area contributed by atoms with E-state index in [1.807, 2.05) is 37.3 Å². The number of hydrogen-bond acceptors (Lipinski definition) is 3. The van der Waals surface area contributed by atoms with E-state index in [4.69, 9.17) is 27.9 Å². The highest BCUT2D eigenvalue weighted by Gasteiger charge is 2.30. The van der Waals surface area contributed by atoms with Gasteiger partial charge in [0.15, 0.2) is 0 Å². The zero-order chi connectivity index (χ0) is 20.1. The number of esters is 1. The van der Waals surface area contributed by atoms with Crippen LogP contribution in [0.1, 0.15) is 40.6 Å². The molecule has 0 unspecified atom stereocenters. The monoisotopic (exact) mass is 414 g/mol. The SMILES string of the molecule is C[C@@H]([C@H](O)c1ccccc1)[C@H](OC(=O)c1ccc(Cl)cc1)c1ccc(Cl)cc1. The number of aliphatic hydroxyl groups is 1. The van der Waals surface area contributed by atoms with Crippen LogP contribution in [0.25, 0.3) is 0 Å². The van der Waals surface area contributed by atoms with Gasteiger partial charge in [0.05, 0.1) is 11.7 Å². The van der Waals surface area contributed by atoms with Crippen LogP contribution >= 0.6 is 23.2 Å². The fraction of sp³-hybridized carbons (Fsp3) is 0.174. The van der Waals surface area contributed by atoms with Crippen LogP contribution in [0, 0.1) is 5.92 Å². The van der Waals surface area contributed by atoms with Crippen LogP contribution in [-0.2, 0) is 4.74 Å². The Balaban J connectivity index is 1.89. The third-order valence-electron chi connectivity index (χ3n) is 4.63. The van der Waals surface area contributed by atoms with E-state index in [0.29, 0.717) is 15.6 Å². The number of aliphatic hydroxyl groups excluding tert-OH is 1. The lowest BCUT2D eigenvalue weighted by Gasteiger charge is -2.28. The van der Waals surface area contributed by atoms with E-state index in [-0.39, 0.29) is 5.92 Å². The normalized spacial score (nSPS) is 14.1. The van der Waals surface area contributed by atoms with Gasteiger partial charge in [0, 0.05) is 16.0 Å². The first-order chi connectivity index (χ1) is 13.5. The van der Waals surface area contributed by atoms with Crippen molar-refractivity contribution < 1.29 is 14.6 Å². The molecule has 28 heavy (non-hydrogen) atoms. The molecule has 0 heterocycles. The first kappa shape index (κ1) is 20.4. The topological polar surface area (TPSA) is 46.5 Å². The smallest absolute Gasteiger partial charge is 0.338 e. The fourth-order valence-electron chi connectivity index (χ4n) is 3.02. The van der Waals surface area contributed by atoms with E-state index < -0.39 is 18.2 Å². The van der Waals surface area contributed by atoms with E-state index in [2.05, 4.69) is 0 Å². The molecule has 5 heteroatoms. The first-order valence-corrected chi connectivity index (χ1v) is 9.66. The van der Waals surface area contributed by atoms with Gasteiger partial charge in [0.25, 0.3) is 0 Å². The molecule has 0 aliphatic carbocycles. The summed E-state index contributed by atoms with van der Waals surface area (Å²) < 4.78 is 5.82. The summed E-state index contributed by atoms with van der Waals surface area (Å²) in [5.41, 5.74) is 1.91. The fourth-order valence-corrected chi connectivity index (χ4v) is 3.27. The molecule has 0 amide bonds. The molecular formula is C23H20Cl2O3. The third kappa shape index (κ3) is 4.93. The van der Waals surface area contributed by atoms with E-state index >= 15 is 0 Å². The maximum Gasteiger partial charge on any atom is 0.338 e. The molecule has 0 saturated heterocycles. The number of carbonyl (C=O) groups excluding carboxylic acids is 1. The Morgan fingerprint density at radius 1 is 0.821 bits per heavy atom. The molecule has 3 aromatic rings. The van der Waals surface area contributed by atoms with Crippen molar-refractivity contribution in [3.63, 3.8) is 0 Å². The van der Waals surface area contributed by atoms with E-state index in [1.54, 1.807) is 48.5 Å². The summed E-state index contributed by atoms with van der Waals surface area (Å²) in [5, 5.41) is 12.0. The van der Waals surface area contributed by atoms with Gasteiger partial charge in [-0.1, -0.05) is 72.6 Å². The number of ether oxygens (including phenoxy) is 1. The van der Waals surface area contributed by atoms with Crippen molar-refractivity contribution in [2.24, 2.45) is 5.92 Å². The molecule has 0 radical (unpaired) electrons. The number of halogens is 2. The van der Waals surface area contributed by atoms with Crippen LogP contribution in [0.5, 0.6) is 0 Å². The Hall–Kier alpha value is -2.33. The standard InChI is InChI=1S/C23H20Cl2O3/c1-15(21(26)16-5-3-2-4-6-16)22(17-7-11-19(24)12-8-17)28-23(27)18-9-13-20(25)14-10-18/h2-15,21-22,26H,1H3/t15-,21-,22-/m0/s1. The highest BCUT2D eigenvalue weighted by molar-refractivity contribution is 6.30. The second-order valence-corrected chi connectivity index (χ2v) is 7.47. The van der Waals surface area contributed by atoms with E-state index in [9.17, 15) is 9.90 Å². The predicted molar refractivity (Wildman–Crippen MR) is 112 cm³/mol. The Labute approximate surface area is 174 Å². The first-order valence-electron chi connectivity index (χ1n) is 8.90. The lowest BCUT2D eigenvalue weighted by atomic mass is 9.88. The summed E-state index contributed by atoms with van der Waals surface area (Å²) in [6.45, 7) is 1.85. The van der Waals surface area contributed by atoms with Crippen LogP contribution in [0.2, 0.25) is 10.0 Å². The number of hydrogen-bond donors (Lipinski definition) is 1. The van der Waals surface area contributed by atoms with Gasteiger partial charge in [-0.05, 0) is 47.5 Å². The molecule has 3 nitrogen and oxygen atoms in total. The van der Waals surface area contributed by atoms with Gasteiger partial charge < -0.3 is 9.84 Å². The second kappa shape index (κ2) is 9.24. The minimum atomic E-state index is -0.806. The Morgan fingerprint density at radius 2 is 1.36 bits per heavy atom. The largest absolute Gasteiger partial charge is 0.453 e. The lowest BCUT2D eigenvalue weighted by Crippen LogP contribution is -2.23. The van der Waals surface area contributed by atoms with Gasteiger partial charge in [-0.25, -0.2) is 4.79 Å². The molecular weight excluding hydrogens is 395 g/mol. The molecule has 1 N–H and O–H groups in total. The van der Waals surface area contributed by atoms with Crippen molar-refractivity contribution in [1.29, 1.82) is 0 Å². The molecule has 0 saturated carbocycles. The molecule has 0 aliphatic rings. The zero-order valence-electron chi connectivity index (χ0n) is 15.3. The van der Waals surface area contributed by atoms with Gasteiger partial charge in [0.2, 0.25) is 0 Å². The van der Waals surface area contributed by atoms with Crippen molar-refractivity contribution in [3.05, 3.63) is 106 Å². The van der Waals surface area contributed by atoms with E-state index in [1.165, 1.54) is 0 Å². The average molecular weight is 415 g/mol. The van der Waals surface area contributed by atoms with Crippen molar-refractivity contribution >= 4 is 29.2 Å². The third-order valence-corrected chi connectivity index (χ3v) is 5.13. The molecule has 0 aliphatic heterocycles. The Morgan fingerprint density at radius 3 is 1.93 bits per heavy atom. The summed E-state index contributed by atoms with van der Waals surface area (Å²) in [6, 6.07) is 22.9. The van der Waals surface area contributed by atoms with Gasteiger partial charge in [-0.3, -0.25) is 0 Å². The Kier molecular flexibility index (Phi) is 6.74. The minimum absolute atomic E-state index is 0.389. The van der Waals surface area contributed by atoms with Crippen LogP contribution in [-0.4, -0.2) is 11.1 Å². The van der Waals surface area contributed by atoms with Crippen molar-refractivity contribution in [3.8, 4) is 0 Å². The zero-order valence-corrected chi connectivity index (χ0v) is 16.8. The molecule has 144 valence electrons. The highest BCUT2D eigenvalue weighted by atomic mass is 35.5. The van der Waals surface area contributed by atoms with Crippen molar-refractivity contribution in [2.45, 2.75) is 19.1 Å². The maximum atomic E-state index is 12.7. The van der Waals surface area contributed by atoms with Gasteiger partial charge in [0.1, 0.15) is 6.10 Å². The quantitative estimate of drug-likeness (QED) is 0.484. The van der Waals surface area contributed by atoms with Crippen molar-refractivity contribution in [1.82, 2.24) is 0 Å². The van der Waals surface area contributed by atoms with Crippen LogP contribution in [0.15, 0.2) is 78.9 Å². The maximum absolute atomic E-state index is 12.7. The number of benzene rings is 3. The van der Waals surface area contributed by atoms with Crippen LogP contribution in [0.3, 0.4) is 0 Å². The van der Waals surface area contributed by atoms with Crippen molar-refractivity contribution in [2.75, 3.05) is 0 Å². The molecule has 3 rings (SSSR count). The van der Waals surface area contributed by atoms with E-state index in [0.717, 1.165) is 11.1 Å². The average Bonchev–Trinajstić information content (AvgIpc) is 2.72. The second-order valence-electron chi connectivity index (χ2n) is 6.60. The summed E-state index contributed by atoms with van der Waals surface area (Å²) in [4.78, 5) is 12.7. The lowest BCUT2D eigenvalue weighted by molar-refractivity contribution is -0.0155. The summed E-state index contributed by atoms with van der Waals surface area (Å²) in [7, 11) is 0. The summed E-state index contributed by atoms with van der Waals surface area (Å²) in [5.74, 6) is -0.872. The predicted octanol–water partition coefficient (Wildman–Crippen LogP) is 6.26. The number of rotatable bonds is 6. The molecule has 3 aromatic carbocycles. The minimum Gasteiger partial charge on any atom is -0.453 e. The molecule has 0 bridgehead atoms. The summed E-state index contributed by atoms with van der Waals surface area (Å²) >= 11 is 11.9. The molecule has 0 spiro atoms. The molecule has 3 atom stereocenters. The molecule has 0 aromatic heterocycles. The summed E-state index contributed by atoms with van der Waals surface area (Å²) in [6.07, 6.45) is -1.46. The highest BCUT2D eigenvalue weighted by Crippen LogP contribution is 2.36. The van der Waals surface area contributed by atoms with Gasteiger partial charge in [-0.15, -0.1) is 0 Å². The van der Waals surface area contributed by atoms with Gasteiger partial charge in [-0.2, -0.15) is 0 Å². The Bertz CT molecular complexity index is 909. The van der Waals surface area contributed by atoms with Gasteiger partial charge >= 0.3 is 5.97 Å².